The number of para-hydroxylation sites is 1. The molecule has 0 radical (unpaired) electrons. The maximum atomic E-state index is 10.9. The van der Waals surface area contributed by atoms with Gasteiger partial charge in [-0.05, 0) is 30.7 Å². The van der Waals surface area contributed by atoms with Crippen LogP contribution in [0.2, 0.25) is 0 Å². The molecule has 27 heavy (non-hydrogen) atoms. The number of alkyl halides is 2. The predicted molar refractivity (Wildman–Crippen MR) is 107 cm³/mol. The number of nitro benzene ring substituents is 1. The van der Waals surface area contributed by atoms with Gasteiger partial charge in [-0.25, -0.2) is 0 Å². The standard InChI is InChI=1S/C18H14Cl2N4O2S/c19-18(20)10-13(18)11-27-17-22-21-16(23(17)14-4-2-1-3-5-14)12-6-8-15(9-7-12)24(25)26/h1-9,13H,10-11H2. The summed E-state index contributed by atoms with van der Waals surface area (Å²) in [5.41, 5.74) is 1.70. The smallest absolute Gasteiger partial charge is 0.269 e. The van der Waals surface area contributed by atoms with E-state index in [9.17, 15) is 10.1 Å². The minimum Gasteiger partial charge on any atom is -0.270 e. The van der Waals surface area contributed by atoms with Gasteiger partial charge in [0.1, 0.15) is 4.33 Å². The van der Waals surface area contributed by atoms with E-state index in [0.717, 1.165) is 28.6 Å². The Balaban J connectivity index is 1.69. The van der Waals surface area contributed by atoms with Crippen LogP contribution < -0.4 is 0 Å². The van der Waals surface area contributed by atoms with E-state index in [1.54, 1.807) is 23.9 Å². The fourth-order valence-electron chi connectivity index (χ4n) is 2.72. The van der Waals surface area contributed by atoms with E-state index in [2.05, 4.69) is 10.2 Å². The lowest BCUT2D eigenvalue weighted by molar-refractivity contribution is -0.384. The van der Waals surface area contributed by atoms with E-state index in [0.29, 0.717) is 5.82 Å². The molecule has 3 aromatic rings. The largest absolute Gasteiger partial charge is 0.270 e. The summed E-state index contributed by atoms with van der Waals surface area (Å²) in [7, 11) is 0. The number of non-ortho nitro benzene ring substituents is 1. The van der Waals surface area contributed by atoms with Crippen molar-refractivity contribution in [1.29, 1.82) is 0 Å². The average Bonchev–Trinajstić information content (AvgIpc) is 3.09. The fourth-order valence-corrected chi connectivity index (χ4v) is 4.60. The third-order valence-electron chi connectivity index (χ3n) is 4.35. The SMILES string of the molecule is O=[N+]([O-])c1ccc(-c2nnc(SCC3CC3(Cl)Cl)n2-c2ccccc2)cc1. The third-order valence-corrected chi connectivity index (χ3v) is 6.37. The number of benzene rings is 2. The van der Waals surface area contributed by atoms with Crippen LogP contribution in [-0.4, -0.2) is 29.8 Å². The highest BCUT2D eigenvalue weighted by Crippen LogP contribution is 2.54. The molecule has 0 aliphatic heterocycles. The highest BCUT2D eigenvalue weighted by atomic mass is 35.5. The zero-order valence-corrected chi connectivity index (χ0v) is 16.3. The first-order chi connectivity index (χ1) is 13.0. The second-order valence-electron chi connectivity index (χ2n) is 6.25. The molecular formula is C18H14Cl2N4O2S. The van der Waals surface area contributed by atoms with E-state index < -0.39 is 9.26 Å². The van der Waals surface area contributed by atoms with E-state index in [1.807, 2.05) is 34.9 Å². The van der Waals surface area contributed by atoms with Crippen LogP contribution in [-0.2, 0) is 0 Å². The topological polar surface area (TPSA) is 73.8 Å². The van der Waals surface area contributed by atoms with Gasteiger partial charge in [0.05, 0.1) is 4.92 Å². The highest BCUT2D eigenvalue weighted by Gasteiger charge is 2.51. The van der Waals surface area contributed by atoms with E-state index in [4.69, 9.17) is 23.2 Å². The van der Waals surface area contributed by atoms with Crippen molar-refractivity contribution in [2.75, 3.05) is 5.75 Å². The highest BCUT2D eigenvalue weighted by molar-refractivity contribution is 7.99. The Morgan fingerprint density at radius 2 is 1.81 bits per heavy atom. The van der Waals surface area contributed by atoms with Crippen LogP contribution in [0.25, 0.3) is 17.1 Å². The number of thioether (sulfide) groups is 1. The van der Waals surface area contributed by atoms with Gasteiger partial charge in [0, 0.05) is 35.1 Å². The quantitative estimate of drug-likeness (QED) is 0.239. The minimum atomic E-state index is -0.633. The lowest BCUT2D eigenvalue weighted by Crippen LogP contribution is -2.01. The second kappa shape index (κ2) is 7.14. The summed E-state index contributed by atoms with van der Waals surface area (Å²) in [6.45, 7) is 0. The Hall–Kier alpha value is -2.09. The second-order valence-corrected chi connectivity index (χ2v) is 8.78. The van der Waals surface area contributed by atoms with Crippen molar-refractivity contribution >= 4 is 40.7 Å². The van der Waals surface area contributed by atoms with E-state index in [-0.39, 0.29) is 11.6 Å². The number of nitrogens with zero attached hydrogens (tertiary/aromatic N) is 4. The number of nitro groups is 1. The summed E-state index contributed by atoms with van der Waals surface area (Å²) >= 11 is 13.8. The number of aromatic nitrogens is 3. The summed E-state index contributed by atoms with van der Waals surface area (Å²) < 4.78 is 1.31. The first kappa shape index (κ1) is 18.3. The number of hydrogen-bond donors (Lipinski definition) is 0. The van der Waals surface area contributed by atoms with Crippen molar-refractivity contribution in [3.8, 4) is 17.1 Å². The predicted octanol–water partition coefficient (Wildman–Crippen LogP) is 5.13. The third kappa shape index (κ3) is 3.81. The molecule has 0 amide bonds. The van der Waals surface area contributed by atoms with Crippen molar-refractivity contribution in [3.63, 3.8) is 0 Å². The summed E-state index contributed by atoms with van der Waals surface area (Å²) in [6, 6.07) is 16.0. The molecule has 1 aliphatic rings. The molecule has 2 aromatic carbocycles. The number of halogens is 2. The van der Waals surface area contributed by atoms with Gasteiger partial charge in [-0.15, -0.1) is 33.4 Å². The molecular weight excluding hydrogens is 407 g/mol. The molecule has 0 spiro atoms. The molecule has 1 heterocycles. The minimum absolute atomic E-state index is 0.0356. The monoisotopic (exact) mass is 420 g/mol. The first-order valence-electron chi connectivity index (χ1n) is 8.22. The zero-order chi connectivity index (χ0) is 19.0. The summed E-state index contributed by atoms with van der Waals surface area (Å²) in [4.78, 5) is 10.5. The van der Waals surface area contributed by atoms with Crippen LogP contribution in [0.15, 0.2) is 59.8 Å². The number of rotatable bonds is 6. The molecule has 0 bridgehead atoms. The first-order valence-corrected chi connectivity index (χ1v) is 9.96. The van der Waals surface area contributed by atoms with Crippen LogP contribution in [0.5, 0.6) is 0 Å². The Morgan fingerprint density at radius 1 is 1.15 bits per heavy atom. The van der Waals surface area contributed by atoms with Gasteiger partial charge >= 0.3 is 0 Å². The van der Waals surface area contributed by atoms with Crippen LogP contribution in [0.3, 0.4) is 0 Å². The van der Waals surface area contributed by atoms with Crippen molar-refractivity contribution in [2.45, 2.75) is 15.9 Å². The maximum absolute atomic E-state index is 10.9. The van der Waals surface area contributed by atoms with Crippen molar-refractivity contribution in [2.24, 2.45) is 5.92 Å². The summed E-state index contributed by atoms with van der Waals surface area (Å²) in [5.74, 6) is 1.60. The van der Waals surface area contributed by atoms with Gasteiger partial charge in [-0.2, -0.15) is 0 Å². The van der Waals surface area contributed by atoms with Gasteiger partial charge in [0.15, 0.2) is 11.0 Å². The van der Waals surface area contributed by atoms with E-state index >= 15 is 0 Å². The molecule has 1 atom stereocenters. The van der Waals surface area contributed by atoms with Gasteiger partial charge in [-0.3, -0.25) is 14.7 Å². The molecule has 9 heteroatoms. The fraction of sp³-hybridized carbons (Fsp3) is 0.222. The Kier molecular flexibility index (Phi) is 4.84. The molecule has 1 saturated carbocycles. The van der Waals surface area contributed by atoms with E-state index in [1.165, 1.54) is 12.1 Å². The van der Waals surface area contributed by atoms with Crippen molar-refractivity contribution in [3.05, 3.63) is 64.7 Å². The van der Waals surface area contributed by atoms with Gasteiger partial charge in [0.2, 0.25) is 0 Å². The van der Waals surface area contributed by atoms with Gasteiger partial charge < -0.3 is 0 Å². The molecule has 6 nitrogen and oxygen atoms in total. The molecule has 1 aliphatic carbocycles. The van der Waals surface area contributed by atoms with Crippen LogP contribution in [0, 0.1) is 16.0 Å². The van der Waals surface area contributed by atoms with Gasteiger partial charge in [0.25, 0.3) is 5.69 Å². The number of hydrogen-bond acceptors (Lipinski definition) is 5. The van der Waals surface area contributed by atoms with Gasteiger partial charge in [-0.1, -0.05) is 30.0 Å². The normalized spacial score (nSPS) is 17.6. The maximum Gasteiger partial charge on any atom is 0.269 e. The molecule has 138 valence electrons. The van der Waals surface area contributed by atoms with Crippen molar-refractivity contribution < 1.29 is 4.92 Å². The summed E-state index contributed by atoms with van der Waals surface area (Å²) in [6.07, 6.45) is 0.776. The van der Waals surface area contributed by atoms with Crippen LogP contribution >= 0.6 is 35.0 Å². The van der Waals surface area contributed by atoms with Crippen molar-refractivity contribution in [1.82, 2.24) is 14.8 Å². The Bertz CT molecular complexity index is 977. The molecule has 1 fully saturated rings. The molecule has 4 rings (SSSR count). The Labute approximate surface area is 169 Å². The molecule has 1 aromatic heterocycles. The molecule has 0 saturated heterocycles. The zero-order valence-electron chi connectivity index (χ0n) is 14.0. The lowest BCUT2D eigenvalue weighted by atomic mass is 10.2. The molecule has 1 unspecified atom stereocenters. The average molecular weight is 421 g/mol. The van der Waals surface area contributed by atoms with Crippen LogP contribution in [0.4, 0.5) is 5.69 Å². The van der Waals surface area contributed by atoms with Crippen LogP contribution in [0.1, 0.15) is 6.42 Å². The lowest BCUT2D eigenvalue weighted by Gasteiger charge is -2.10. The molecule has 0 N–H and O–H groups in total. The summed E-state index contributed by atoms with van der Waals surface area (Å²) in [5, 5.41) is 20.3. The Morgan fingerprint density at radius 3 is 2.41 bits per heavy atom.